The summed E-state index contributed by atoms with van der Waals surface area (Å²) < 4.78 is 0. The summed E-state index contributed by atoms with van der Waals surface area (Å²) in [7, 11) is 0. The highest BCUT2D eigenvalue weighted by atomic mass is 16.4. The average Bonchev–Trinajstić information content (AvgIpc) is 1.76. The molecule has 3 nitrogen and oxygen atoms in total. The van der Waals surface area contributed by atoms with Gasteiger partial charge in [-0.1, -0.05) is 0 Å². The summed E-state index contributed by atoms with van der Waals surface area (Å²) in [5.74, 6) is 1.11. The predicted octanol–water partition coefficient (Wildman–Crippen LogP) is -0.890. The van der Waals surface area contributed by atoms with Crippen LogP contribution in [0.4, 0.5) is 0 Å². The van der Waals surface area contributed by atoms with Crippen molar-refractivity contribution in [2.24, 2.45) is 23.5 Å². The van der Waals surface area contributed by atoms with E-state index in [0.29, 0.717) is 12.3 Å². The van der Waals surface area contributed by atoms with Crippen LogP contribution in [0.5, 0.6) is 0 Å². The van der Waals surface area contributed by atoms with Crippen molar-refractivity contribution in [1.82, 2.24) is 0 Å². The molecule has 3 aliphatic rings. The number of hydrogen-bond donors (Lipinski definition) is 1. The highest BCUT2D eigenvalue weighted by molar-refractivity contribution is 5.70. The number of carbonyl (C=O) groups excluding carboxylic acids is 1. The highest BCUT2D eigenvalue weighted by Crippen LogP contribution is 2.60. The number of hydrogen-bond acceptors (Lipinski definition) is 3. The molecule has 3 heteroatoms. The van der Waals surface area contributed by atoms with E-state index >= 15 is 0 Å². The SMILES string of the molecule is N[C@@H](CC1C2CC1C2)C(=O)[O-]. The number of rotatable bonds is 3. The van der Waals surface area contributed by atoms with Crippen LogP contribution in [0.2, 0.25) is 0 Å². The molecular formula is C8H12NO2-. The second-order valence-electron chi connectivity index (χ2n) is 3.82. The van der Waals surface area contributed by atoms with Crippen LogP contribution in [-0.4, -0.2) is 12.0 Å². The zero-order chi connectivity index (χ0) is 8.01. The quantitative estimate of drug-likeness (QED) is 0.573. The Labute approximate surface area is 65.6 Å². The predicted molar refractivity (Wildman–Crippen MR) is 37.3 cm³/mol. The van der Waals surface area contributed by atoms with Crippen LogP contribution in [0, 0.1) is 17.8 Å². The third-order valence-corrected chi connectivity index (χ3v) is 3.25. The Hall–Kier alpha value is -0.570. The molecule has 0 aromatic rings. The Bertz CT molecular complexity index is 179. The van der Waals surface area contributed by atoms with Crippen LogP contribution in [-0.2, 0) is 4.79 Å². The molecule has 0 unspecified atom stereocenters. The standard InChI is InChI=1S/C8H13NO2/c9-7(8(10)11)3-6-4-1-5(6)2-4/h4-7H,1-3,9H2,(H,10,11)/p-1/t4?,5?,6?,7-/m0/s1. The zero-order valence-corrected chi connectivity index (χ0v) is 6.32. The van der Waals surface area contributed by atoms with Gasteiger partial charge in [-0.05, 0) is 37.0 Å². The van der Waals surface area contributed by atoms with Gasteiger partial charge in [0.15, 0.2) is 0 Å². The topological polar surface area (TPSA) is 66.2 Å². The van der Waals surface area contributed by atoms with Crippen molar-refractivity contribution in [3.63, 3.8) is 0 Å². The molecule has 0 aliphatic heterocycles. The van der Waals surface area contributed by atoms with Crippen molar-refractivity contribution in [1.29, 1.82) is 0 Å². The van der Waals surface area contributed by atoms with E-state index in [1.165, 1.54) is 12.8 Å². The van der Waals surface area contributed by atoms with Gasteiger partial charge in [-0.2, -0.15) is 0 Å². The van der Waals surface area contributed by atoms with Crippen molar-refractivity contribution >= 4 is 5.97 Å². The minimum atomic E-state index is -1.10. The van der Waals surface area contributed by atoms with Crippen molar-refractivity contribution in [3.05, 3.63) is 0 Å². The van der Waals surface area contributed by atoms with Gasteiger partial charge in [0, 0.05) is 6.04 Å². The maximum atomic E-state index is 10.3. The molecule has 2 N–H and O–H groups in total. The van der Waals surface area contributed by atoms with E-state index in [0.717, 1.165) is 11.8 Å². The summed E-state index contributed by atoms with van der Waals surface area (Å²) in [6, 6.07) is -0.731. The molecule has 0 saturated heterocycles. The third kappa shape index (κ3) is 0.948. The lowest BCUT2D eigenvalue weighted by Gasteiger charge is -2.59. The molecule has 2 bridgehead atoms. The molecule has 3 fully saturated rings. The largest absolute Gasteiger partial charge is 0.548 e. The van der Waals surface area contributed by atoms with Gasteiger partial charge in [-0.3, -0.25) is 0 Å². The second-order valence-corrected chi connectivity index (χ2v) is 3.82. The van der Waals surface area contributed by atoms with Gasteiger partial charge in [-0.15, -0.1) is 0 Å². The van der Waals surface area contributed by atoms with E-state index in [-0.39, 0.29) is 0 Å². The first-order valence-corrected chi connectivity index (χ1v) is 4.15. The minimum absolute atomic E-state index is 0.614. The first-order chi connectivity index (χ1) is 5.18. The van der Waals surface area contributed by atoms with Crippen molar-refractivity contribution < 1.29 is 9.90 Å². The Morgan fingerprint density at radius 1 is 1.55 bits per heavy atom. The number of carboxylic acids is 1. The Morgan fingerprint density at radius 2 is 2.09 bits per heavy atom. The van der Waals surface area contributed by atoms with Gasteiger partial charge >= 0.3 is 0 Å². The molecule has 3 saturated carbocycles. The fourth-order valence-corrected chi connectivity index (χ4v) is 2.18. The summed E-state index contributed by atoms with van der Waals surface area (Å²) in [4.78, 5) is 10.3. The van der Waals surface area contributed by atoms with Crippen molar-refractivity contribution in [2.75, 3.05) is 0 Å². The van der Waals surface area contributed by atoms with Crippen LogP contribution in [0.1, 0.15) is 19.3 Å². The number of nitrogens with two attached hydrogens (primary N) is 1. The summed E-state index contributed by atoms with van der Waals surface area (Å²) in [6.07, 6.45) is 3.26. The van der Waals surface area contributed by atoms with Gasteiger partial charge in [0.25, 0.3) is 0 Å². The van der Waals surface area contributed by atoms with E-state index in [2.05, 4.69) is 0 Å². The van der Waals surface area contributed by atoms with E-state index in [9.17, 15) is 9.90 Å². The number of carboxylic acid groups (broad SMARTS) is 1. The highest BCUT2D eigenvalue weighted by Gasteiger charge is 2.52. The fraction of sp³-hybridized carbons (Fsp3) is 0.875. The van der Waals surface area contributed by atoms with Crippen molar-refractivity contribution in [3.8, 4) is 0 Å². The molecule has 11 heavy (non-hydrogen) atoms. The fourth-order valence-electron chi connectivity index (χ4n) is 2.18. The lowest BCUT2D eigenvalue weighted by atomic mass is 9.47. The Balaban J connectivity index is 1.78. The van der Waals surface area contributed by atoms with Crippen LogP contribution in [0.15, 0.2) is 0 Å². The molecule has 0 heterocycles. The smallest absolute Gasteiger partial charge is 0.0582 e. The first kappa shape index (κ1) is 7.10. The Morgan fingerprint density at radius 3 is 2.36 bits per heavy atom. The van der Waals surface area contributed by atoms with Crippen LogP contribution >= 0.6 is 0 Å². The molecule has 0 aromatic carbocycles. The molecule has 1 atom stereocenters. The normalized spacial score (nSPS) is 42.1. The van der Waals surface area contributed by atoms with Crippen LogP contribution in [0.3, 0.4) is 0 Å². The van der Waals surface area contributed by atoms with Gasteiger partial charge in [0.2, 0.25) is 0 Å². The second kappa shape index (κ2) is 2.21. The van der Waals surface area contributed by atoms with E-state index in [1.807, 2.05) is 0 Å². The van der Waals surface area contributed by atoms with Gasteiger partial charge in [0.05, 0.1) is 5.97 Å². The van der Waals surface area contributed by atoms with Crippen molar-refractivity contribution in [2.45, 2.75) is 25.3 Å². The molecule has 3 aliphatic carbocycles. The summed E-state index contributed by atoms with van der Waals surface area (Å²) >= 11 is 0. The zero-order valence-electron chi connectivity index (χ0n) is 6.32. The van der Waals surface area contributed by atoms with E-state index in [1.54, 1.807) is 0 Å². The molecule has 62 valence electrons. The maximum Gasteiger partial charge on any atom is 0.0582 e. The van der Waals surface area contributed by atoms with Gasteiger partial charge in [-0.25, -0.2) is 0 Å². The van der Waals surface area contributed by atoms with E-state index < -0.39 is 12.0 Å². The molecule has 0 radical (unpaired) electrons. The summed E-state index contributed by atoms with van der Waals surface area (Å²) in [5.41, 5.74) is 5.35. The van der Waals surface area contributed by atoms with Gasteiger partial charge in [0.1, 0.15) is 0 Å². The minimum Gasteiger partial charge on any atom is -0.548 e. The molecular weight excluding hydrogens is 142 g/mol. The van der Waals surface area contributed by atoms with Crippen LogP contribution in [0.25, 0.3) is 0 Å². The van der Waals surface area contributed by atoms with Gasteiger partial charge < -0.3 is 15.6 Å². The lowest BCUT2D eigenvalue weighted by molar-refractivity contribution is -0.308. The summed E-state index contributed by atoms with van der Waals surface area (Å²) in [5, 5.41) is 10.3. The lowest BCUT2D eigenvalue weighted by Crippen LogP contribution is -2.54. The molecule has 3 rings (SSSR count). The number of aliphatic carboxylic acids is 1. The Kier molecular flexibility index (Phi) is 1.42. The molecule has 0 spiro atoms. The third-order valence-electron chi connectivity index (χ3n) is 3.25. The summed E-state index contributed by atoms with van der Waals surface area (Å²) in [6.45, 7) is 0. The van der Waals surface area contributed by atoms with Crippen LogP contribution < -0.4 is 10.8 Å². The maximum absolute atomic E-state index is 10.3. The average molecular weight is 154 g/mol. The molecule has 0 aromatic heterocycles. The molecule has 0 amide bonds. The van der Waals surface area contributed by atoms with E-state index in [4.69, 9.17) is 5.73 Å². The number of carbonyl (C=O) groups is 1. The first-order valence-electron chi connectivity index (χ1n) is 4.15. The monoisotopic (exact) mass is 154 g/mol.